The zero-order valence-corrected chi connectivity index (χ0v) is 46.0. The first kappa shape index (κ1) is 63.8. The molecule has 1 saturated heterocycles. The van der Waals surface area contributed by atoms with Gasteiger partial charge in [0.05, 0.1) is 6.10 Å². The van der Waals surface area contributed by atoms with E-state index in [4.69, 9.17) is 0 Å². The van der Waals surface area contributed by atoms with Gasteiger partial charge in [0.15, 0.2) is 0 Å². The number of nitrogens with zero attached hydrogens (tertiary/aromatic N) is 2. The van der Waals surface area contributed by atoms with Gasteiger partial charge in [0, 0.05) is 6.54 Å². The summed E-state index contributed by atoms with van der Waals surface area (Å²) in [6, 6.07) is -0.829. The molecule has 7 heteroatoms. The number of hydrogen-bond acceptors (Lipinski definition) is 5. The second kappa shape index (κ2) is 49.8. The molecular weight excluding hydrogens is 825 g/mol. The molecule has 0 radical (unpaired) electrons. The van der Waals surface area contributed by atoms with Gasteiger partial charge in [-0.05, 0) is 96.9 Å². The molecule has 3 atom stereocenters. The van der Waals surface area contributed by atoms with E-state index in [0.717, 1.165) is 71.1 Å². The highest BCUT2D eigenvalue weighted by Crippen LogP contribution is 2.18. The van der Waals surface area contributed by atoms with Crippen LogP contribution in [0, 0.1) is 0 Å². The lowest BCUT2D eigenvalue weighted by Gasteiger charge is -2.30. The molecule has 1 fully saturated rings. The molecule has 0 aromatic carbocycles. The maximum atomic E-state index is 13.3. The summed E-state index contributed by atoms with van der Waals surface area (Å²) in [5.74, 6) is 0.00000142. The molecule has 0 saturated carbocycles. The molecule has 1 aliphatic rings. The van der Waals surface area contributed by atoms with E-state index < -0.39 is 12.1 Å². The number of nitrogens with one attached hydrogen (secondary N) is 2. The van der Waals surface area contributed by atoms with Crippen molar-refractivity contribution < 1.29 is 14.7 Å². The Hall–Kier alpha value is -1.18. The summed E-state index contributed by atoms with van der Waals surface area (Å²) in [5.41, 5.74) is 0. The number of piperazine rings is 1. The third-order valence-electron chi connectivity index (χ3n) is 15.0. The fourth-order valence-corrected chi connectivity index (χ4v) is 10.5. The summed E-state index contributed by atoms with van der Waals surface area (Å²) >= 11 is 0. The highest BCUT2D eigenvalue weighted by atomic mass is 16.3. The summed E-state index contributed by atoms with van der Waals surface area (Å²) in [6.45, 7) is 15.4. The number of hydrogen-bond donors (Lipinski definition) is 3. The standard InChI is InChI=1S/C60H120N4O3/c1-5-9-13-17-21-25-28-32-36-42-50-63(51-43-37-33-29-26-22-18-14-10-6-2)52-45-40-48-57-59(66)62-58(60(67)61-57)49-41-46-54-64(53-44-38-34-30-27-23-19-15-11-7-3)55-56(65)47-39-35-31-24-20-16-12-8-4/h56-58,65H,5-55H2,1-4H3,(H,61,67)(H,62,66)/t56-,57-,58+/m1/s1. The van der Waals surface area contributed by atoms with Gasteiger partial charge in [-0.1, -0.05) is 252 Å². The molecule has 0 spiro atoms. The molecule has 0 aliphatic carbocycles. The molecule has 1 rings (SSSR count). The number of aliphatic hydroxyl groups is 1. The van der Waals surface area contributed by atoms with Crippen LogP contribution in [0.5, 0.6) is 0 Å². The molecule has 1 heterocycles. The van der Waals surface area contributed by atoms with E-state index in [9.17, 15) is 14.7 Å². The summed E-state index contributed by atoms with van der Waals surface area (Å²) in [4.78, 5) is 31.7. The van der Waals surface area contributed by atoms with Gasteiger partial charge in [0.2, 0.25) is 11.8 Å². The second-order valence-corrected chi connectivity index (χ2v) is 21.7. The molecule has 1 aliphatic heterocycles. The van der Waals surface area contributed by atoms with Crippen LogP contribution in [0.25, 0.3) is 0 Å². The normalized spacial score (nSPS) is 15.8. The summed E-state index contributed by atoms with van der Waals surface area (Å²) < 4.78 is 0. The molecular formula is C60H120N4O3. The molecule has 7 nitrogen and oxygen atoms in total. The van der Waals surface area contributed by atoms with E-state index in [1.54, 1.807) is 0 Å². The van der Waals surface area contributed by atoms with Gasteiger partial charge in [0.1, 0.15) is 12.1 Å². The molecule has 3 N–H and O–H groups in total. The number of carbonyl (C=O) groups excluding carboxylic acids is 2. The van der Waals surface area contributed by atoms with Crippen LogP contribution in [-0.4, -0.2) is 84.2 Å². The smallest absolute Gasteiger partial charge is 0.243 e. The molecule has 67 heavy (non-hydrogen) atoms. The number of carbonyl (C=O) groups is 2. The van der Waals surface area contributed by atoms with Crippen LogP contribution in [-0.2, 0) is 9.59 Å². The highest BCUT2D eigenvalue weighted by Gasteiger charge is 2.32. The minimum atomic E-state index is -0.427. The van der Waals surface area contributed by atoms with E-state index in [1.165, 1.54) is 251 Å². The molecule has 0 bridgehead atoms. The topological polar surface area (TPSA) is 84.9 Å². The van der Waals surface area contributed by atoms with Crippen LogP contribution in [0.4, 0.5) is 0 Å². The Balaban J connectivity index is 2.47. The van der Waals surface area contributed by atoms with Gasteiger partial charge in [-0.15, -0.1) is 0 Å². The minimum Gasteiger partial charge on any atom is -0.392 e. The lowest BCUT2D eigenvalue weighted by Crippen LogP contribution is -2.61. The first-order valence-corrected chi connectivity index (χ1v) is 30.7. The van der Waals surface area contributed by atoms with Crippen LogP contribution in [0.3, 0.4) is 0 Å². The Morgan fingerprint density at radius 2 is 0.582 bits per heavy atom. The molecule has 0 unspecified atom stereocenters. The lowest BCUT2D eigenvalue weighted by molar-refractivity contribution is -0.137. The quantitative estimate of drug-likeness (QED) is 0.0529. The van der Waals surface area contributed by atoms with Crippen LogP contribution in [0.1, 0.15) is 317 Å². The van der Waals surface area contributed by atoms with Gasteiger partial charge >= 0.3 is 0 Å². The number of rotatable bonds is 54. The van der Waals surface area contributed by atoms with Crippen molar-refractivity contribution in [2.75, 3.05) is 39.3 Å². The lowest BCUT2D eigenvalue weighted by atomic mass is 10.0. The first-order valence-electron chi connectivity index (χ1n) is 30.7. The fraction of sp³-hybridized carbons (Fsp3) is 0.967. The van der Waals surface area contributed by atoms with Crippen LogP contribution in [0.15, 0.2) is 0 Å². The highest BCUT2D eigenvalue weighted by molar-refractivity contribution is 5.96. The van der Waals surface area contributed by atoms with E-state index in [1.807, 2.05) is 0 Å². The van der Waals surface area contributed by atoms with Crippen molar-refractivity contribution in [1.82, 2.24) is 20.4 Å². The Morgan fingerprint density at radius 3 is 0.881 bits per heavy atom. The average Bonchev–Trinajstić information content (AvgIpc) is 3.32. The van der Waals surface area contributed by atoms with Crippen molar-refractivity contribution in [3.63, 3.8) is 0 Å². The van der Waals surface area contributed by atoms with Crippen LogP contribution < -0.4 is 10.6 Å². The van der Waals surface area contributed by atoms with E-state index in [0.29, 0.717) is 6.42 Å². The molecule has 0 aromatic heterocycles. The van der Waals surface area contributed by atoms with Crippen LogP contribution in [0.2, 0.25) is 0 Å². The van der Waals surface area contributed by atoms with Gasteiger partial charge in [-0.25, -0.2) is 0 Å². The van der Waals surface area contributed by atoms with Gasteiger partial charge in [-0.2, -0.15) is 0 Å². The zero-order valence-electron chi connectivity index (χ0n) is 46.0. The predicted octanol–water partition coefficient (Wildman–Crippen LogP) is 16.6. The maximum Gasteiger partial charge on any atom is 0.243 e. The van der Waals surface area contributed by atoms with Crippen LogP contribution >= 0.6 is 0 Å². The molecule has 398 valence electrons. The van der Waals surface area contributed by atoms with Crippen molar-refractivity contribution in [2.24, 2.45) is 0 Å². The summed E-state index contributed by atoms with van der Waals surface area (Å²) in [6.07, 6.45) is 57.3. The first-order chi connectivity index (χ1) is 32.9. The SMILES string of the molecule is CCCCCCCCCCCCN(CCCCCCCCCCCC)CCCC[C@H]1NC(=O)[C@H](CCCCN(CCCCCCCCCCCC)C[C@H](O)CCCCCCCCCC)NC1=O. The third kappa shape index (κ3) is 41.2. The summed E-state index contributed by atoms with van der Waals surface area (Å²) in [7, 11) is 0. The van der Waals surface area contributed by atoms with Gasteiger partial charge in [0.25, 0.3) is 0 Å². The predicted molar refractivity (Wildman–Crippen MR) is 293 cm³/mol. The average molecular weight is 946 g/mol. The van der Waals surface area contributed by atoms with Gasteiger partial charge in [-0.3, -0.25) is 9.59 Å². The maximum absolute atomic E-state index is 13.3. The largest absolute Gasteiger partial charge is 0.392 e. The van der Waals surface area contributed by atoms with E-state index in [-0.39, 0.29) is 17.9 Å². The van der Waals surface area contributed by atoms with Crippen molar-refractivity contribution in [2.45, 2.75) is 335 Å². The van der Waals surface area contributed by atoms with Crippen molar-refractivity contribution in [1.29, 1.82) is 0 Å². The Kier molecular flexibility index (Phi) is 47.4. The Labute approximate surface area is 419 Å². The summed E-state index contributed by atoms with van der Waals surface area (Å²) in [5, 5.41) is 17.3. The van der Waals surface area contributed by atoms with Crippen molar-refractivity contribution >= 4 is 11.8 Å². The Morgan fingerprint density at radius 1 is 0.343 bits per heavy atom. The Bertz CT molecular complexity index is 1020. The van der Waals surface area contributed by atoms with E-state index >= 15 is 0 Å². The molecule has 0 aromatic rings. The second-order valence-electron chi connectivity index (χ2n) is 21.7. The number of aliphatic hydroxyl groups excluding tert-OH is 1. The van der Waals surface area contributed by atoms with E-state index in [2.05, 4.69) is 48.1 Å². The van der Waals surface area contributed by atoms with Crippen molar-refractivity contribution in [3.8, 4) is 0 Å². The van der Waals surface area contributed by atoms with Gasteiger partial charge < -0.3 is 25.5 Å². The number of amides is 2. The minimum absolute atomic E-state index is 0.00356. The number of unbranched alkanes of at least 4 members (excludes halogenated alkanes) is 36. The fourth-order valence-electron chi connectivity index (χ4n) is 10.5. The van der Waals surface area contributed by atoms with Crippen molar-refractivity contribution in [3.05, 3.63) is 0 Å². The monoisotopic (exact) mass is 945 g/mol. The third-order valence-corrected chi connectivity index (χ3v) is 15.0. The molecule has 2 amide bonds. The zero-order chi connectivity index (χ0) is 48.5.